The van der Waals surface area contributed by atoms with Crippen LogP contribution in [0.1, 0.15) is 37.4 Å². The predicted molar refractivity (Wildman–Crippen MR) is 155 cm³/mol. The second kappa shape index (κ2) is 12.6. The number of nitrogens with zero attached hydrogens (tertiary/aromatic N) is 2. The van der Waals surface area contributed by atoms with Gasteiger partial charge in [0.15, 0.2) is 22.9 Å². The molecule has 1 aliphatic heterocycles. The number of rotatable bonds is 9. The van der Waals surface area contributed by atoms with Crippen LogP contribution in [-0.4, -0.2) is 43.9 Å². The fourth-order valence-electron chi connectivity index (χ4n) is 4.23. The molecule has 0 bridgehead atoms. The Morgan fingerprint density at radius 3 is 2.49 bits per heavy atom. The second-order valence-corrected chi connectivity index (χ2v) is 10.5. The zero-order valence-electron chi connectivity index (χ0n) is 21.9. The van der Waals surface area contributed by atoms with Crippen molar-refractivity contribution in [2.45, 2.75) is 26.3 Å². The van der Waals surface area contributed by atoms with Crippen LogP contribution >= 0.6 is 33.9 Å². The second-order valence-electron chi connectivity index (χ2n) is 8.33. The highest BCUT2D eigenvalue weighted by molar-refractivity contribution is 14.1. The van der Waals surface area contributed by atoms with E-state index in [4.69, 9.17) is 19.2 Å². The third-order valence-electron chi connectivity index (χ3n) is 5.96. The number of thiazole rings is 1. The van der Waals surface area contributed by atoms with Gasteiger partial charge in [-0.1, -0.05) is 48.6 Å². The zero-order chi connectivity index (χ0) is 28.1. The number of methoxy groups -OCH3 is 2. The summed E-state index contributed by atoms with van der Waals surface area (Å²) in [5, 5.41) is 0. The number of hydrogen-bond acceptors (Lipinski definition) is 9. The summed E-state index contributed by atoms with van der Waals surface area (Å²) in [6.07, 6.45) is 2.26. The van der Waals surface area contributed by atoms with E-state index in [9.17, 15) is 14.4 Å². The molecule has 2 aromatic carbocycles. The summed E-state index contributed by atoms with van der Waals surface area (Å²) in [6, 6.07) is 12.3. The van der Waals surface area contributed by atoms with E-state index in [2.05, 4.69) is 27.3 Å². The Bertz CT molecular complexity index is 1610. The van der Waals surface area contributed by atoms with Gasteiger partial charge in [-0.05, 0) is 65.3 Å². The summed E-state index contributed by atoms with van der Waals surface area (Å²) in [4.78, 5) is 43.5. The van der Waals surface area contributed by atoms with E-state index in [0.717, 1.165) is 5.56 Å². The highest BCUT2D eigenvalue weighted by Crippen LogP contribution is 2.35. The van der Waals surface area contributed by atoms with Gasteiger partial charge in [0, 0.05) is 0 Å². The number of esters is 2. The van der Waals surface area contributed by atoms with E-state index in [1.54, 1.807) is 16.7 Å². The lowest BCUT2D eigenvalue weighted by atomic mass is 9.95. The van der Waals surface area contributed by atoms with E-state index >= 15 is 0 Å². The van der Waals surface area contributed by atoms with Crippen LogP contribution in [0.5, 0.6) is 11.5 Å². The summed E-state index contributed by atoms with van der Waals surface area (Å²) >= 11 is 3.35. The van der Waals surface area contributed by atoms with E-state index in [1.807, 2.05) is 50.2 Å². The molecule has 1 aliphatic rings. The SMILES string of the molecule is CCOc1cc(/C=c2\sc3n(c2=O)[C@H](c2ccccc2)C(C(=O)OC)=C(CC)N=3)cc(I)c1OCC(=O)OC. The Labute approximate surface area is 242 Å². The number of ether oxygens (including phenoxy) is 4. The minimum absolute atomic E-state index is 0.258. The number of benzene rings is 2. The van der Waals surface area contributed by atoms with Crippen molar-refractivity contribution in [2.24, 2.45) is 4.99 Å². The van der Waals surface area contributed by atoms with Crippen LogP contribution in [-0.2, 0) is 19.1 Å². The Kier molecular flexibility index (Phi) is 9.23. The monoisotopic (exact) mass is 662 g/mol. The first-order chi connectivity index (χ1) is 18.8. The molecular formula is C28H27IN2O7S. The molecule has 0 aliphatic carbocycles. The number of aromatic nitrogens is 1. The molecule has 0 saturated carbocycles. The number of carbonyl (C=O) groups is 2. The molecule has 3 aromatic rings. The lowest BCUT2D eigenvalue weighted by molar-refractivity contribution is -0.143. The fourth-order valence-corrected chi connectivity index (χ4v) is 6.03. The number of fused-ring (bicyclic) bond motifs is 1. The van der Waals surface area contributed by atoms with Gasteiger partial charge >= 0.3 is 11.9 Å². The summed E-state index contributed by atoms with van der Waals surface area (Å²) in [5.74, 6) is -0.169. The third kappa shape index (κ3) is 5.93. The molecule has 0 spiro atoms. The summed E-state index contributed by atoms with van der Waals surface area (Å²) < 4.78 is 23.9. The number of carbonyl (C=O) groups excluding carboxylic acids is 2. The first kappa shape index (κ1) is 28.6. The Balaban J connectivity index is 1.88. The number of hydrogen-bond donors (Lipinski definition) is 0. The van der Waals surface area contributed by atoms with Crippen LogP contribution < -0.4 is 24.4 Å². The lowest BCUT2D eigenvalue weighted by Crippen LogP contribution is -2.40. The van der Waals surface area contributed by atoms with Crippen LogP contribution in [0, 0.1) is 3.57 Å². The van der Waals surface area contributed by atoms with Crippen molar-refractivity contribution in [1.29, 1.82) is 0 Å². The highest BCUT2D eigenvalue weighted by Gasteiger charge is 2.33. The van der Waals surface area contributed by atoms with Gasteiger partial charge in [-0.3, -0.25) is 9.36 Å². The van der Waals surface area contributed by atoms with E-state index < -0.39 is 18.0 Å². The molecule has 1 atom stereocenters. The van der Waals surface area contributed by atoms with Crippen LogP contribution in [0.4, 0.5) is 0 Å². The van der Waals surface area contributed by atoms with Gasteiger partial charge in [-0.15, -0.1) is 0 Å². The van der Waals surface area contributed by atoms with Crippen molar-refractivity contribution in [2.75, 3.05) is 27.4 Å². The average molecular weight is 663 g/mol. The van der Waals surface area contributed by atoms with E-state index in [1.165, 1.54) is 25.6 Å². The molecule has 0 fully saturated rings. The van der Waals surface area contributed by atoms with Gasteiger partial charge in [-0.25, -0.2) is 14.6 Å². The van der Waals surface area contributed by atoms with E-state index in [-0.39, 0.29) is 12.2 Å². The van der Waals surface area contributed by atoms with Gasteiger partial charge in [0.25, 0.3) is 5.56 Å². The smallest absolute Gasteiger partial charge is 0.343 e. The molecule has 9 nitrogen and oxygen atoms in total. The van der Waals surface area contributed by atoms with Gasteiger partial charge < -0.3 is 18.9 Å². The van der Waals surface area contributed by atoms with Gasteiger partial charge in [-0.2, -0.15) is 0 Å². The van der Waals surface area contributed by atoms with Gasteiger partial charge in [0.05, 0.1) is 46.2 Å². The fraction of sp³-hybridized carbons (Fsp3) is 0.286. The van der Waals surface area contributed by atoms with Crippen molar-refractivity contribution in [3.05, 3.63) is 88.1 Å². The van der Waals surface area contributed by atoms with Crippen molar-refractivity contribution in [3.8, 4) is 11.5 Å². The van der Waals surface area contributed by atoms with Crippen LogP contribution in [0.3, 0.4) is 0 Å². The Morgan fingerprint density at radius 1 is 1.10 bits per heavy atom. The summed E-state index contributed by atoms with van der Waals surface area (Å²) in [7, 11) is 2.62. The predicted octanol–water partition coefficient (Wildman–Crippen LogP) is 3.35. The Hall–Kier alpha value is -3.45. The first-order valence-electron chi connectivity index (χ1n) is 12.2. The van der Waals surface area contributed by atoms with Crippen LogP contribution in [0.15, 0.2) is 63.5 Å². The maximum Gasteiger partial charge on any atom is 0.343 e. The molecule has 2 heterocycles. The normalized spacial score (nSPS) is 14.9. The molecular weight excluding hydrogens is 635 g/mol. The Morgan fingerprint density at radius 2 is 1.85 bits per heavy atom. The van der Waals surface area contributed by atoms with Crippen LogP contribution in [0.2, 0.25) is 0 Å². The van der Waals surface area contributed by atoms with Gasteiger partial charge in [0.2, 0.25) is 0 Å². The molecule has 4 rings (SSSR count). The van der Waals surface area contributed by atoms with Crippen molar-refractivity contribution in [3.63, 3.8) is 0 Å². The zero-order valence-corrected chi connectivity index (χ0v) is 24.8. The first-order valence-corrected chi connectivity index (χ1v) is 14.1. The lowest BCUT2D eigenvalue weighted by Gasteiger charge is -2.25. The number of halogens is 1. The van der Waals surface area contributed by atoms with Crippen LogP contribution in [0.25, 0.3) is 6.08 Å². The molecule has 1 aromatic heterocycles. The molecule has 0 unspecified atom stereocenters. The molecule has 0 amide bonds. The summed E-state index contributed by atoms with van der Waals surface area (Å²) in [6.45, 7) is 3.88. The minimum Gasteiger partial charge on any atom is -0.490 e. The molecule has 0 saturated heterocycles. The molecule has 204 valence electrons. The van der Waals surface area contributed by atoms with Crippen molar-refractivity contribution >= 4 is 51.9 Å². The molecule has 39 heavy (non-hydrogen) atoms. The number of allylic oxidation sites excluding steroid dienone is 1. The van der Waals surface area contributed by atoms with Gasteiger partial charge in [0.1, 0.15) is 0 Å². The van der Waals surface area contributed by atoms with E-state index in [0.29, 0.717) is 54.3 Å². The molecule has 0 N–H and O–H groups in total. The minimum atomic E-state index is -0.666. The largest absolute Gasteiger partial charge is 0.490 e. The molecule has 11 heteroatoms. The van der Waals surface area contributed by atoms with Crippen molar-refractivity contribution in [1.82, 2.24) is 4.57 Å². The average Bonchev–Trinajstić information content (AvgIpc) is 3.25. The standard InChI is InChI=1S/C28H27IN2O7S/c1-5-19-23(27(34)36-4)24(17-10-8-7-9-11-17)31-26(33)21(39-28(31)30-19)14-16-12-18(29)25(20(13-16)37-6-2)38-15-22(32)35-3/h7-14,24H,5-6,15H2,1-4H3/b21-14-/t24-/m1/s1. The topological polar surface area (TPSA) is 105 Å². The third-order valence-corrected chi connectivity index (χ3v) is 7.74. The maximum atomic E-state index is 13.8. The maximum absolute atomic E-state index is 13.8. The highest BCUT2D eigenvalue weighted by atomic mass is 127. The van der Waals surface area contributed by atoms with Crippen molar-refractivity contribution < 1.29 is 28.5 Å². The quantitative estimate of drug-likeness (QED) is 0.256. The molecule has 0 radical (unpaired) electrons. The summed E-state index contributed by atoms with van der Waals surface area (Å²) in [5.41, 5.74) is 2.15.